The molecule has 1 amide bonds. The van der Waals surface area contributed by atoms with Gasteiger partial charge in [0, 0.05) is 24.2 Å². The van der Waals surface area contributed by atoms with Crippen molar-refractivity contribution in [3.8, 4) is 5.75 Å². The topological polar surface area (TPSA) is 32.8 Å². The second-order valence-corrected chi connectivity index (χ2v) is 8.13. The van der Waals surface area contributed by atoms with Crippen LogP contribution >= 0.6 is 0 Å². The van der Waals surface area contributed by atoms with Gasteiger partial charge in [0.25, 0.3) is 5.91 Å². The maximum atomic E-state index is 12.8. The molecule has 0 bridgehead atoms. The van der Waals surface area contributed by atoms with Crippen LogP contribution in [0.15, 0.2) is 36.4 Å². The van der Waals surface area contributed by atoms with Gasteiger partial charge in [-0.25, -0.2) is 0 Å². The third-order valence-corrected chi connectivity index (χ3v) is 6.26. The van der Waals surface area contributed by atoms with Crippen molar-refractivity contribution in [2.45, 2.75) is 51.1 Å². The van der Waals surface area contributed by atoms with Crippen molar-refractivity contribution in [3.63, 3.8) is 0 Å². The fourth-order valence-electron chi connectivity index (χ4n) is 4.50. The maximum Gasteiger partial charge on any atom is 0.254 e. The molecular weight excluding hydrogens is 336 g/mol. The summed E-state index contributed by atoms with van der Waals surface area (Å²) in [7, 11) is 2.20. The van der Waals surface area contributed by atoms with Crippen LogP contribution in [-0.2, 0) is 0 Å². The molecule has 2 aliphatic rings. The molecule has 2 unspecified atom stereocenters. The van der Waals surface area contributed by atoms with E-state index >= 15 is 0 Å². The summed E-state index contributed by atoms with van der Waals surface area (Å²) in [4.78, 5) is 17.2. The molecule has 2 saturated heterocycles. The van der Waals surface area contributed by atoms with E-state index in [1.165, 1.54) is 19.4 Å². The van der Waals surface area contributed by atoms with Crippen LogP contribution in [0.25, 0.3) is 10.8 Å². The molecule has 0 aliphatic carbocycles. The van der Waals surface area contributed by atoms with Gasteiger partial charge in [0.15, 0.2) is 0 Å². The first-order valence-electron chi connectivity index (χ1n) is 10.3. The molecule has 4 heteroatoms. The molecule has 2 heterocycles. The first kappa shape index (κ1) is 18.3. The van der Waals surface area contributed by atoms with Gasteiger partial charge in [0.2, 0.25) is 0 Å². The quantitative estimate of drug-likeness (QED) is 0.790. The largest absolute Gasteiger partial charge is 0.494 e. The number of benzene rings is 2. The Bertz CT molecular complexity index is 819. The van der Waals surface area contributed by atoms with E-state index in [9.17, 15) is 4.79 Å². The predicted molar refractivity (Wildman–Crippen MR) is 109 cm³/mol. The molecule has 0 saturated carbocycles. The zero-order valence-corrected chi connectivity index (χ0v) is 16.5. The van der Waals surface area contributed by atoms with Crippen molar-refractivity contribution in [3.05, 3.63) is 42.0 Å². The highest BCUT2D eigenvalue weighted by Gasteiger charge is 2.26. The number of amides is 1. The van der Waals surface area contributed by atoms with Crippen molar-refractivity contribution in [2.24, 2.45) is 0 Å². The molecule has 27 heavy (non-hydrogen) atoms. The van der Waals surface area contributed by atoms with Gasteiger partial charge >= 0.3 is 0 Å². The van der Waals surface area contributed by atoms with E-state index in [2.05, 4.69) is 31.0 Å². The average molecular weight is 367 g/mol. The molecule has 0 radical (unpaired) electrons. The summed E-state index contributed by atoms with van der Waals surface area (Å²) in [6.07, 6.45) is 5.88. The number of fused-ring (bicyclic) bond motifs is 1. The number of hydrogen-bond donors (Lipinski definition) is 0. The average Bonchev–Trinajstić information content (AvgIpc) is 3.29. The van der Waals surface area contributed by atoms with E-state index in [1.54, 1.807) is 0 Å². The molecular formula is C23H30N2O2. The summed E-state index contributed by atoms with van der Waals surface area (Å²) in [5, 5.41) is 2.21. The van der Waals surface area contributed by atoms with Crippen LogP contribution in [-0.4, -0.2) is 54.5 Å². The molecule has 4 rings (SSSR count). The van der Waals surface area contributed by atoms with Crippen LogP contribution < -0.4 is 4.74 Å². The standard InChI is InChI=1S/C23H30N2O2/c1-17-5-3-13-25(17)23(26)20-8-7-19-16-22(10-9-18(19)15-20)27-14-11-21-6-4-12-24(21)2/h7-10,15-17,21H,3-6,11-14H2,1-2H3. The summed E-state index contributed by atoms with van der Waals surface area (Å²) in [6.45, 7) is 4.97. The van der Waals surface area contributed by atoms with Gasteiger partial charge in [0.1, 0.15) is 5.75 Å². The number of carbonyl (C=O) groups excluding carboxylic acids is 1. The summed E-state index contributed by atoms with van der Waals surface area (Å²) < 4.78 is 6.00. The van der Waals surface area contributed by atoms with Crippen LogP contribution in [0.3, 0.4) is 0 Å². The second-order valence-electron chi connectivity index (χ2n) is 8.13. The Hall–Kier alpha value is -2.07. The molecule has 2 aliphatic heterocycles. The highest BCUT2D eigenvalue weighted by molar-refractivity contribution is 5.99. The van der Waals surface area contributed by atoms with Gasteiger partial charge in [0.05, 0.1) is 6.61 Å². The first-order chi connectivity index (χ1) is 13.1. The summed E-state index contributed by atoms with van der Waals surface area (Å²) >= 11 is 0. The van der Waals surface area contributed by atoms with Crippen LogP contribution in [0.2, 0.25) is 0 Å². The smallest absolute Gasteiger partial charge is 0.254 e. The summed E-state index contributed by atoms with van der Waals surface area (Å²) in [5.74, 6) is 1.07. The molecule has 2 aromatic rings. The highest BCUT2D eigenvalue weighted by atomic mass is 16.5. The number of carbonyl (C=O) groups is 1. The van der Waals surface area contributed by atoms with Gasteiger partial charge in [-0.2, -0.15) is 0 Å². The number of nitrogens with zero attached hydrogens (tertiary/aromatic N) is 2. The van der Waals surface area contributed by atoms with E-state index in [4.69, 9.17) is 4.74 Å². The monoisotopic (exact) mass is 366 g/mol. The Morgan fingerprint density at radius 3 is 2.59 bits per heavy atom. The fraction of sp³-hybridized carbons (Fsp3) is 0.522. The molecule has 4 nitrogen and oxygen atoms in total. The normalized spacial score (nSPS) is 23.3. The minimum absolute atomic E-state index is 0.155. The fourth-order valence-corrected chi connectivity index (χ4v) is 4.50. The van der Waals surface area contributed by atoms with Gasteiger partial charge in [-0.15, -0.1) is 0 Å². The second kappa shape index (κ2) is 7.89. The molecule has 2 fully saturated rings. The van der Waals surface area contributed by atoms with E-state index in [0.29, 0.717) is 12.1 Å². The minimum Gasteiger partial charge on any atom is -0.494 e. The number of hydrogen-bond acceptors (Lipinski definition) is 3. The minimum atomic E-state index is 0.155. The van der Waals surface area contributed by atoms with Crippen molar-refractivity contribution in [2.75, 3.05) is 26.7 Å². The van der Waals surface area contributed by atoms with Crippen LogP contribution in [0.5, 0.6) is 5.75 Å². The third kappa shape index (κ3) is 3.96. The van der Waals surface area contributed by atoms with E-state index < -0.39 is 0 Å². The Kier molecular flexibility index (Phi) is 5.35. The first-order valence-corrected chi connectivity index (χ1v) is 10.3. The van der Waals surface area contributed by atoms with Crippen molar-refractivity contribution in [1.29, 1.82) is 0 Å². The molecule has 2 atom stereocenters. The maximum absolute atomic E-state index is 12.8. The molecule has 0 spiro atoms. The Morgan fingerprint density at radius 1 is 1.07 bits per heavy atom. The van der Waals surface area contributed by atoms with Crippen LogP contribution in [0.1, 0.15) is 49.4 Å². The van der Waals surface area contributed by atoms with Crippen LogP contribution in [0.4, 0.5) is 0 Å². The Labute approximate surface area is 162 Å². The number of ether oxygens (including phenoxy) is 1. The zero-order chi connectivity index (χ0) is 18.8. The van der Waals surface area contributed by atoms with Crippen molar-refractivity contribution in [1.82, 2.24) is 9.80 Å². The third-order valence-electron chi connectivity index (χ3n) is 6.26. The summed E-state index contributed by atoms with van der Waals surface area (Å²) in [5.41, 5.74) is 0.786. The lowest BCUT2D eigenvalue weighted by atomic mass is 10.1. The van der Waals surface area contributed by atoms with Gasteiger partial charge in [-0.05, 0) is 87.7 Å². The van der Waals surface area contributed by atoms with Crippen molar-refractivity contribution < 1.29 is 9.53 Å². The lowest BCUT2D eigenvalue weighted by Crippen LogP contribution is -2.33. The molecule has 2 aromatic carbocycles. The van der Waals surface area contributed by atoms with E-state index in [1.807, 2.05) is 29.2 Å². The highest BCUT2D eigenvalue weighted by Crippen LogP contribution is 2.25. The van der Waals surface area contributed by atoms with Gasteiger partial charge in [-0.3, -0.25) is 4.79 Å². The number of rotatable bonds is 5. The Balaban J connectivity index is 1.41. The predicted octanol–water partition coefficient (Wildman–Crippen LogP) is 4.33. The Morgan fingerprint density at radius 2 is 1.85 bits per heavy atom. The molecule has 0 N–H and O–H groups in total. The van der Waals surface area contributed by atoms with E-state index in [0.717, 1.165) is 54.5 Å². The van der Waals surface area contributed by atoms with Gasteiger partial charge in [-0.1, -0.05) is 12.1 Å². The number of likely N-dealkylation sites (tertiary alicyclic amines) is 2. The van der Waals surface area contributed by atoms with E-state index in [-0.39, 0.29) is 5.91 Å². The summed E-state index contributed by atoms with van der Waals surface area (Å²) in [6, 6.07) is 13.2. The molecule has 0 aromatic heterocycles. The molecule has 144 valence electrons. The van der Waals surface area contributed by atoms with Gasteiger partial charge < -0.3 is 14.5 Å². The SMILES string of the molecule is CC1CCCN1C(=O)c1ccc2cc(OCCC3CCCN3C)ccc2c1. The van der Waals surface area contributed by atoms with Crippen molar-refractivity contribution >= 4 is 16.7 Å². The lowest BCUT2D eigenvalue weighted by Gasteiger charge is -2.21. The zero-order valence-electron chi connectivity index (χ0n) is 16.5. The van der Waals surface area contributed by atoms with Crippen LogP contribution in [0, 0.1) is 0 Å². The lowest BCUT2D eigenvalue weighted by molar-refractivity contribution is 0.0747.